The third kappa shape index (κ3) is 55.0. The molecule has 0 aliphatic rings. The minimum atomic E-state index is -4.72. The number of likely N-dealkylation sites (N-methyl/N-ethyl adjacent to an activating group) is 1. The monoisotopic (exact) mass is 1060 g/mol. The Kier molecular flexibility index (Phi) is 51.2. The van der Waals surface area contributed by atoms with Crippen LogP contribution in [0.25, 0.3) is 0 Å². The van der Waals surface area contributed by atoms with Crippen LogP contribution in [0.5, 0.6) is 0 Å². The van der Waals surface area contributed by atoms with Crippen molar-refractivity contribution in [1.82, 2.24) is 5.32 Å². The van der Waals surface area contributed by atoms with Crippen molar-refractivity contribution < 1.29 is 37.3 Å². The van der Waals surface area contributed by atoms with Crippen LogP contribution in [0.4, 0.5) is 0 Å². The van der Waals surface area contributed by atoms with Crippen LogP contribution in [0, 0.1) is 0 Å². The third-order valence-corrected chi connectivity index (χ3v) is 13.3. The van der Waals surface area contributed by atoms with Crippen molar-refractivity contribution in [3.05, 3.63) is 122 Å². The Morgan fingerprint density at radius 2 is 0.867 bits per heavy atom. The highest BCUT2D eigenvalue weighted by Gasteiger charge is 2.27. The summed E-state index contributed by atoms with van der Waals surface area (Å²) in [6.45, 7) is 6.62. The largest absolute Gasteiger partial charge is 0.756 e. The van der Waals surface area contributed by atoms with Crippen molar-refractivity contribution in [3.63, 3.8) is 0 Å². The molecule has 0 rings (SSSR count). The average Bonchev–Trinajstić information content (AvgIpc) is 3.37. The third-order valence-electron chi connectivity index (χ3n) is 12.4. The fraction of sp³-hybridized carbons (Fsp3) is 0.662. The van der Waals surface area contributed by atoms with Gasteiger partial charge < -0.3 is 28.5 Å². The van der Waals surface area contributed by atoms with Crippen molar-refractivity contribution >= 4 is 19.7 Å². The first-order valence-corrected chi connectivity index (χ1v) is 31.3. The Hall–Kier alpha value is -3.59. The van der Waals surface area contributed by atoms with Crippen molar-refractivity contribution in [2.45, 2.75) is 238 Å². The van der Waals surface area contributed by atoms with Crippen LogP contribution in [-0.4, -0.2) is 69.4 Å². The molecule has 1 amide bonds. The normalized spacial score (nSPS) is 14.6. The van der Waals surface area contributed by atoms with Gasteiger partial charge in [-0.05, 0) is 115 Å². The summed E-state index contributed by atoms with van der Waals surface area (Å²) in [5.74, 6) is -0.639. The van der Waals surface area contributed by atoms with Crippen LogP contribution >= 0.6 is 7.82 Å². The van der Waals surface area contributed by atoms with Gasteiger partial charge in [0.05, 0.1) is 33.8 Å². The van der Waals surface area contributed by atoms with Crippen LogP contribution in [0.3, 0.4) is 0 Å². The Labute approximate surface area is 461 Å². The molecule has 1 N–H and O–H groups in total. The van der Waals surface area contributed by atoms with E-state index in [2.05, 4.69) is 135 Å². The number of phosphoric acid groups is 1. The smallest absolute Gasteiger partial charge is 0.306 e. The van der Waals surface area contributed by atoms with E-state index in [1.807, 2.05) is 27.2 Å². The molecule has 0 aromatic heterocycles. The first kappa shape index (κ1) is 71.4. The van der Waals surface area contributed by atoms with Gasteiger partial charge in [-0.15, -0.1) is 0 Å². The zero-order chi connectivity index (χ0) is 55.0. The maximum atomic E-state index is 13.5. The molecule has 75 heavy (non-hydrogen) atoms. The molecule has 10 heteroatoms. The molecule has 0 bridgehead atoms. The van der Waals surface area contributed by atoms with Gasteiger partial charge >= 0.3 is 5.97 Å². The second kappa shape index (κ2) is 53.8. The molecule has 0 radical (unpaired) electrons. The molecular weight excluding hydrogens is 952 g/mol. The number of esters is 1. The van der Waals surface area contributed by atoms with E-state index < -0.39 is 32.5 Å². The molecule has 3 atom stereocenters. The first-order valence-electron chi connectivity index (χ1n) is 29.8. The highest BCUT2D eigenvalue weighted by Crippen LogP contribution is 2.38. The Balaban J connectivity index is 5.39. The number of nitrogens with one attached hydrogen (secondary N) is 1. The molecule has 3 unspecified atom stereocenters. The van der Waals surface area contributed by atoms with E-state index in [0.29, 0.717) is 23.9 Å². The molecule has 0 aromatic carbocycles. The van der Waals surface area contributed by atoms with Gasteiger partial charge in [0, 0.05) is 12.8 Å². The van der Waals surface area contributed by atoms with Gasteiger partial charge in [0.2, 0.25) is 5.91 Å². The SMILES string of the molecule is CC/C=C\C/C=C\C/C=C\C/C=C\C/C=C\CCCCCCCC(=O)NC(COP(=O)([O-])OCC[N+](C)(C)C)C(/C=C\CCCCCCCCCCC)OC(=O)CCC/C=C\C/C=C\C/C=C\C/C=C\CCCCC. The molecule has 0 saturated heterocycles. The summed E-state index contributed by atoms with van der Waals surface area (Å²) in [5, 5.41) is 2.99. The van der Waals surface area contributed by atoms with E-state index in [1.54, 1.807) is 6.08 Å². The minimum Gasteiger partial charge on any atom is -0.756 e. The van der Waals surface area contributed by atoms with Gasteiger partial charge in [-0.3, -0.25) is 14.2 Å². The van der Waals surface area contributed by atoms with E-state index >= 15 is 0 Å². The number of phosphoric ester groups is 1. The number of hydrogen-bond acceptors (Lipinski definition) is 7. The molecule has 0 fully saturated rings. The van der Waals surface area contributed by atoms with E-state index in [-0.39, 0.29) is 25.4 Å². The maximum Gasteiger partial charge on any atom is 0.306 e. The van der Waals surface area contributed by atoms with Crippen LogP contribution in [0.1, 0.15) is 226 Å². The fourth-order valence-electron chi connectivity index (χ4n) is 7.77. The van der Waals surface area contributed by atoms with Gasteiger partial charge in [0.25, 0.3) is 7.82 Å². The van der Waals surface area contributed by atoms with Crippen LogP contribution in [0.15, 0.2) is 122 Å². The predicted octanol–water partition coefficient (Wildman–Crippen LogP) is 17.7. The van der Waals surface area contributed by atoms with Crippen LogP contribution in [-0.2, 0) is 27.9 Å². The maximum absolute atomic E-state index is 13.5. The van der Waals surface area contributed by atoms with Crippen molar-refractivity contribution in [2.75, 3.05) is 40.9 Å². The Morgan fingerprint density at radius 3 is 1.33 bits per heavy atom. The zero-order valence-corrected chi connectivity index (χ0v) is 49.6. The average molecular weight is 1060 g/mol. The number of hydrogen-bond donors (Lipinski definition) is 1. The second-order valence-electron chi connectivity index (χ2n) is 20.8. The Morgan fingerprint density at radius 1 is 0.480 bits per heavy atom. The van der Waals surface area contributed by atoms with Gasteiger partial charge in [-0.25, -0.2) is 0 Å². The number of nitrogens with zero attached hydrogens (tertiary/aromatic N) is 1. The van der Waals surface area contributed by atoms with Crippen LogP contribution < -0.4 is 10.2 Å². The number of carbonyl (C=O) groups is 2. The summed E-state index contributed by atoms with van der Waals surface area (Å²) in [4.78, 5) is 39.9. The molecule has 0 heterocycles. The van der Waals surface area contributed by atoms with Gasteiger partial charge in [-0.2, -0.15) is 0 Å². The topological polar surface area (TPSA) is 114 Å². The molecule has 0 aliphatic carbocycles. The van der Waals surface area contributed by atoms with E-state index in [4.69, 9.17) is 13.8 Å². The second-order valence-corrected chi connectivity index (χ2v) is 22.2. The number of quaternary nitrogens is 1. The first-order chi connectivity index (χ1) is 36.4. The molecule has 0 spiro atoms. The molecular formula is C65H111N2O7P. The number of ether oxygens (including phenoxy) is 1. The van der Waals surface area contributed by atoms with Gasteiger partial charge in [0.1, 0.15) is 19.3 Å². The molecule has 0 aliphatic heterocycles. The lowest BCUT2D eigenvalue weighted by Crippen LogP contribution is -2.47. The number of carbonyl (C=O) groups excluding carboxylic acids is 2. The number of unbranched alkanes of at least 4 members (excludes halogenated alkanes) is 18. The van der Waals surface area contributed by atoms with Crippen molar-refractivity contribution in [2.24, 2.45) is 0 Å². The zero-order valence-electron chi connectivity index (χ0n) is 48.7. The summed E-state index contributed by atoms with van der Waals surface area (Å²) in [5.41, 5.74) is 0. The lowest BCUT2D eigenvalue weighted by atomic mass is 10.1. The van der Waals surface area contributed by atoms with Crippen molar-refractivity contribution in [3.8, 4) is 0 Å². The quantitative estimate of drug-likeness (QED) is 0.0212. The highest BCUT2D eigenvalue weighted by atomic mass is 31.2. The number of allylic oxidation sites excluding steroid dienone is 19. The van der Waals surface area contributed by atoms with Crippen molar-refractivity contribution in [1.29, 1.82) is 0 Å². The molecule has 0 aromatic rings. The highest BCUT2D eigenvalue weighted by molar-refractivity contribution is 7.45. The minimum absolute atomic E-state index is 0.0415. The molecule has 0 saturated carbocycles. The lowest BCUT2D eigenvalue weighted by Gasteiger charge is -2.30. The predicted molar refractivity (Wildman–Crippen MR) is 320 cm³/mol. The summed E-state index contributed by atoms with van der Waals surface area (Å²) in [6, 6.07) is -0.929. The lowest BCUT2D eigenvalue weighted by molar-refractivity contribution is -0.870. The van der Waals surface area contributed by atoms with E-state index in [9.17, 15) is 19.0 Å². The summed E-state index contributed by atoms with van der Waals surface area (Å²) in [6.07, 6.45) is 74.6. The molecule has 428 valence electrons. The number of amides is 1. The number of rotatable bonds is 52. The molecule has 9 nitrogen and oxygen atoms in total. The van der Waals surface area contributed by atoms with Gasteiger partial charge in [0.15, 0.2) is 0 Å². The Bertz CT molecular complexity index is 1700. The fourth-order valence-corrected chi connectivity index (χ4v) is 8.50. The van der Waals surface area contributed by atoms with E-state index in [1.165, 1.54) is 70.6 Å². The summed E-state index contributed by atoms with van der Waals surface area (Å²) < 4.78 is 30.2. The summed E-state index contributed by atoms with van der Waals surface area (Å²) in [7, 11) is 1.12. The summed E-state index contributed by atoms with van der Waals surface area (Å²) >= 11 is 0. The van der Waals surface area contributed by atoms with Gasteiger partial charge in [-0.1, -0.05) is 220 Å². The van der Waals surface area contributed by atoms with Crippen LogP contribution in [0.2, 0.25) is 0 Å². The van der Waals surface area contributed by atoms with E-state index in [0.717, 1.165) is 109 Å². The standard InChI is InChI=1S/C65H111N2O7P/c1-7-10-13-16-19-22-25-27-29-31-32-33-34-36-37-39-42-45-48-51-54-57-64(68)66-62(61-73-75(70,71)72-60-59-67(4,5)6)63(56-53-50-47-44-41-24-21-18-15-12-9-3)74-65(69)58-55-52-49-46-43-40-38-35-30-28-26-23-20-17-14-11-8-2/h10,13,19-20,22-23,27-30,32-33,36-38,40,46,49,53,56,62-63H,7-9,11-12,14-18,21,24-26,31,34-35,39,41-45,47-48,50-52,54-55,57-61H2,1-6H3,(H-,66,68,70,71)/b13-10-,22-19-,23-20-,29-27-,30-28-,33-32-,37-36-,40-38-,49-46-,56-53-.